The summed E-state index contributed by atoms with van der Waals surface area (Å²) in [6.45, 7) is 6.53. The minimum atomic E-state index is -0.173. The highest BCUT2D eigenvalue weighted by atomic mass is 79.9. The van der Waals surface area contributed by atoms with E-state index >= 15 is 0 Å². The average molecular weight is 322 g/mol. The molecule has 2 bridgehead atoms. The van der Waals surface area contributed by atoms with Crippen LogP contribution < -0.4 is 0 Å². The molecule has 0 saturated heterocycles. The highest BCUT2D eigenvalue weighted by molar-refractivity contribution is 9.14. The van der Waals surface area contributed by atoms with Gasteiger partial charge in [-0.3, -0.25) is 4.79 Å². The van der Waals surface area contributed by atoms with Crippen LogP contribution in [0.25, 0.3) is 0 Å². The molecule has 0 aromatic heterocycles. The zero-order valence-electron chi connectivity index (χ0n) is 8.66. The zero-order chi connectivity index (χ0) is 10.7. The molecule has 1 saturated carbocycles. The van der Waals surface area contributed by atoms with E-state index in [0.717, 1.165) is 21.8 Å². The first-order valence-electron chi connectivity index (χ1n) is 4.92. The van der Waals surface area contributed by atoms with Crippen LogP contribution in [0.1, 0.15) is 33.6 Å². The second kappa shape index (κ2) is 2.94. The first kappa shape index (κ1) is 10.9. The predicted octanol–water partition coefficient (Wildman–Crippen LogP) is 4.01. The van der Waals surface area contributed by atoms with E-state index in [9.17, 15) is 4.79 Å². The smallest absolute Gasteiger partial charge is 0.177 e. The van der Waals surface area contributed by atoms with Gasteiger partial charge in [0.1, 0.15) is 0 Å². The molecule has 3 heteroatoms. The number of carbonyl (C=O) groups excluding carboxylic acids is 1. The zero-order valence-corrected chi connectivity index (χ0v) is 11.8. The summed E-state index contributed by atoms with van der Waals surface area (Å²) in [7, 11) is 0. The van der Waals surface area contributed by atoms with E-state index in [4.69, 9.17) is 0 Å². The summed E-state index contributed by atoms with van der Waals surface area (Å²) < 4.78 is 1.84. The molecule has 78 valence electrons. The molecule has 0 heterocycles. The lowest BCUT2D eigenvalue weighted by atomic mass is 9.61. The Labute approximate surface area is 102 Å². The van der Waals surface area contributed by atoms with E-state index in [0.29, 0.717) is 5.92 Å². The van der Waals surface area contributed by atoms with Crippen LogP contribution in [0.5, 0.6) is 0 Å². The Morgan fingerprint density at radius 3 is 2.43 bits per heavy atom. The Kier molecular flexibility index (Phi) is 2.29. The van der Waals surface area contributed by atoms with Gasteiger partial charge >= 0.3 is 0 Å². The van der Waals surface area contributed by atoms with Gasteiger partial charge in [0.15, 0.2) is 5.78 Å². The number of hydrogen-bond donors (Lipinski definition) is 0. The minimum Gasteiger partial charge on any atom is -0.293 e. The Balaban J connectivity index is 2.64. The molecule has 1 nitrogen and oxygen atoms in total. The van der Waals surface area contributed by atoms with Crippen LogP contribution in [-0.2, 0) is 4.79 Å². The maximum atomic E-state index is 12.2. The maximum Gasteiger partial charge on any atom is 0.177 e. The van der Waals surface area contributed by atoms with E-state index < -0.39 is 0 Å². The lowest BCUT2D eigenvalue weighted by molar-refractivity contribution is -0.129. The quantitative estimate of drug-likeness (QED) is 0.658. The van der Waals surface area contributed by atoms with Gasteiger partial charge in [-0.25, -0.2) is 0 Å². The number of halogens is 2. The Bertz CT molecular complexity index is 343. The molecule has 0 aromatic rings. The van der Waals surface area contributed by atoms with Crippen LogP contribution in [0.3, 0.4) is 0 Å². The molecule has 2 aliphatic rings. The van der Waals surface area contributed by atoms with Crippen LogP contribution in [0, 0.1) is 16.7 Å². The van der Waals surface area contributed by atoms with E-state index in [-0.39, 0.29) is 16.6 Å². The average Bonchev–Trinajstić information content (AvgIpc) is 2.30. The number of ketones is 1. The lowest BCUT2D eigenvalue weighted by Gasteiger charge is -2.44. The van der Waals surface area contributed by atoms with Crippen LogP contribution in [0.2, 0.25) is 0 Å². The Morgan fingerprint density at radius 2 is 1.86 bits per heavy atom. The van der Waals surface area contributed by atoms with Gasteiger partial charge < -0.3 is 0 Å². The molecule has 1 fully saturated rings. The normalized spacial score (nSPS) is 40.6. The minimum absolute atomic E-state index is 0.0835. The van der Waals surface area contributed by atoms with Crippen molar-refractivity contribution in [3.63, 3.8) is 0 Å². The largest absolute Gasteiger partial charge is 0.293 e. The number of Topliss-reactive ketones (excluding diaryl/α,β-unsaturated/α-hetero) is 1. The van der Waals surface area contributed by atoms with Crippen molar-refractivity contribution in [3.8, 4) is 0 Å². The summed E-state index contributed by atoms with van der Waals surface area (Å²) >= 11 is 6.97. The maximum absolute atomic E-state index is 12.2. The van der Waals surface area contributed by atoms with Gasteiger partial charge in [0.05, 0.1) is 4.48 Å². The second-order valence-corrected chi connectivity index (χ2v) is 6.78. The summed E-state index contributed by atoms with van der Waals surface area (Å²) in [5.41, 5.74) is -0.0893. The first-order valence-corrected chi connectivity index (χ1v) is 6.51. The van der Waals surface area contributed by atoms with Crippen molar-refractivity contribution in [3.05, 3.63) is 8.96 Å². The molecule has 2 aliphatic carbocycles. The standard InChI is InChI=1S/C11H14Br2O/c1-10(2)6-4-5-11(10,3)9(14)8(13)7(6)12/h6H,4-5H2,1-3H3. The Hall–Kier alpha value is 0.370. The van der Waals surface area contributed by atoms with Gasteiger partial charge in [0.25, 0.3) is 0 Å². The molecule has 0 spiro atoms. The van der Waals surface area contributed by atoms with Crippen molar-refractivity contribution in [2.24, 2.45) is 16.7 Å². The fraction of sp³-hybridized carbons (Fsp3) is 0.727. The molecular formula is C11H14Br2O. The van der Waals surface area contributed by atoms with E-state index in [2.05, 4.69) is 52.6 Å². The molecule has 0 aliphatic heterocycles. The van der Waals surface area contributed by atoms with Gasteiger partial charge in [-0.1, -0.05) is 36.7 Å². The third-order valence-electron chi connectivity index (χ3n) is 4.44. The van der Waals surface area contributed by atoms with Crippen LogP contribution in [0.15, 0.2) is 8.96 Å². The van der Waals surface area contributed by atoms with Crippen molar-refractivity contribution in [1.82, 2.24) is 0 Å². The van der Waals surface area contributed by atoms with Crippen LogP contribution in [-0.4, -0.2) is 5.78 Å². The molecule has 0 amide bonds. The van der Waals surface area contributed by atoms with Crippen molar-refractivity contribution < 1.29 is 4.79 Å². The van der Waals surface area contributed by atoms with Gasteiger partial charge in [-0.15, -0.1) is 0 Å². The summed E-state index contributed by atoms with van der Waals surface area (Å²) in [6.07, 6.45) is 2.12. The van der Waals surface area contributed by atoms with E-state index in [1.807, 2.05) is 0 Å². The molecule has 0 N–H and O–H groups in total. The second-order valence-electron chi connectivity index (χ2n) is 5.14. The molecule has 2 unspecified atom stereocenters. The number of fused-ring (bicyclic) bond motifs is 2. The number of hydrogen-bond acceptors (Lipinski definition) is 1. The molecule has 14 heavy (non-hydrogen) atoms. The first-order chi connectivity index (χ1) is 6.32. The van der Waals surface area contributed by atoms with Crippen LogP contribution in [0.4, 0.5) is 0 Å². The molecular weight excluding hydrogens is 308 g/mol. The SMILES string of the molecule is CC12CCC(C(Br)=C(Br)C1=O)C2(C)C. The monoisotopic (exact) mass is 320 g/mol. The van der Waals surface area contributed by atoms with Gasteiger partial charge in [0, 0.05) is 9.90 Å². The van der Waals surface area contributed by atoms with Crippen molar-refractivity contribution in [2.75, 3.05) is 0 Å². The van der Waals surface area contributed by atoms with Crippen molar-refractivity contribution in [2.45, 2.75) is 33.6 Å². The lowest BCUT2D eigenvalue weighted by Crippen LogP contribution is -2.44. The van der Waals surface area contributed by atoms with Gasteiger partial charge in [-0.05, 0) is 40.1 Å². The third-order valence-corrected chi connectivity index (χ3v) is 6.71. The van der Waals surface area contributed by atoms with E-state index in [1.54, 1.807) is 0 Å². The molecule has 2 atom stereocenters. The predicted molar refractivity (Wildman–Crippen MR) is 64.5 cm³/mol. The Morgan fingerprint density at radius 1 is 1.29 bits per heavy atom. The number of carbonyl (C=O) groups is 1. The summed E-state index contributed by atoms with van der Waals surface area (Å²) in [4.78, 5) is 12.2. The summed E-state index contributed by atoms with van der Waals surface area (Å²) in [5.74, 6) is 0.766. The highest BCUT2D eigenvalue weighted by Gasteiger charge is 2.60. The summed E-state index contributed by atoms with van der Waals surface area (Å²) in [6, 6.07) is 0. The van der Waals surface area contributed by atoms with Gasteiger partial charge in [-0.2, -0.15) is 0 Å². The summed E-state index contributed by atoms with van der Waals surface area (Å²) in [5, 5.41) is 0. The van der Waals surface area contributed by atoms with Crippen molar-refractivity contribution in [1.29, 1.82) is 0 Å². The third kappa shape index (κ3) is 1.03. The van der Waals surface area contributed by atoms with E-state index in [1.165, 1.54) is 0 Å². The number of allylic oxidation sites excluding steroid dienone is 2. The molecule has 0 radical (unpaired) electrons. The van der Waals surface area contributed by atoms with Gasteiger partial charge in [0.2, 0.25) is 0 Å². The number of rotatable bonds is 0. The van der Waals surface area contributed by atoms with Crippen LogP contribution >= 0.6 is 31.9 Å². The fourth-order valence-corrected chi connectivity index (χ4v) is 4.55. The fourth-order valence-electron chi connectivity index (χ4n) is 2.85. The topological polar surface area (TPSA) is 17.1 Å². The molecule has 2 rings (SSSR count). The van der Waals surface area contributed by atoms with Crippen molar-refractivity contribution >= 4 is 37.6 Å². The highest BCUT2D eigenvalue weighted by Crippen LogP contribution is 2.64. The molecule has 0 aromatic carbocycles.